The number of thioether (sulfide) groups is 1. The van der Waals surface area contributed by atoms with Crippen molar-refractivity contribution in [3.63, 3.8) is 0 Å². The Bertz CT molecular complexity index is 1410. The lowest BCUT2D eigenvalue weighted by atomic mass is 9.66. The summed E-state index contributed by atoms with van der Waals surface area (Å²) < 4.78 is 4.83. The van der Waals surface area contributed by atoms with Gasteiger partial charge in [-0.1, -0.05) is 49.4 Å². The molecule has 3 saturated heterocycles. The zero-order valence-electron chi connectivity index (χ0n) is 27.2. The number of carbonyl (C=O) groups is 3. The number of amides is 2. The highest BCUT2D eigenvalue weighted by Crippen LogP contribution is 2.69. The number of likely N-dealkylation sites (tertiary alicyclic amines) is 1. The van der Waals surface area contributed by atoms with Crippen LogP contribution in [-0.4, -0.2) is 82.7 Å². The van der Waals surface area contributed by atoms with E-state index in [1.54, 1.807) is 33.7 Å². The van der Waals surface area contributed by atoms with Gasteiger partial charge in [0, 0.05) is 36.3 Å². The number of fused-ring (bicyclic) bond motifs is 1. The highest BCUT2D eigenvalue weighted by Gasteiger charge is 2.77. The van der Waals surface area contributed by atoms with E-state index < -0.39 is 34.6 Å². The Morgan fingerprint density at radius 3 is 2.37 bits per heavy atom. The van der Waals surface area contributed by atoms with Gasteiger partial charge >= 0.3 is 5.97 Å². The summed E-state index contributed by atoms with van der Waals surface area (Å²) in [5.41, 5.74) is 2.73. The predicted octanol–water partition coefficient (Wildman–Crippen LogP) is 5.11. The van der Waals surface area contributed by atoms with Gasteiger partial charge in [0.2, 0.25) is 5.91 Å². The SMILES string of the molecule is C=CCCOC(=O)[C@@H]1[C@@H]2CC(C)C3(S2)C(C(=O)N(CC=C)c2ccc(N(CC)CC)cc2)N([C@@H](CO)Cc2ccccc2)C(=O)[C@H]13. The number of rotatable bonds is 15. The number of hydrogen-bond acceptors (Lipinski definition) is 7. The summed E-state index contributed by atoms with van der Waals surface area (Å²) in [6.07, 6.45) is 5.00. The number of anilines is 2. The van der Waals surface area contributed by atoms with Gasteiger partial charge in [-0.25, -0.2) is 0 Å². The van der Waals surface area contributed by atoms with Crippen LogP contribution >= 0.6 is 11.8 Å². The van der Waals surface area contributed by atoms with Gasteiger partial charge in [-0.05, 0) is 68.9 Å². The molecule has 7 atom stereocenters. The minimum atomic E-state index is -0.885. The maximum absolute atomic E-state index is 15.1. The van der Waals surface area contributed by atoms with Gasteiger partial charge < -0.3 is 24.5 Å². The van der Waals surface area contributed by atoms with Crippen molar-refractivity contribution in [1.29, 1.82) is 0 Å². The minimum absolute atomic E-state index is 0.0145. The first-order chi connectivity index (χ1) is 22.3. The third-order valence-electron chi connectivity index (χ3n) is 10.0. The van der Waals surface area contributed by atoms with Crippen molar-refractivity contribution in [3.8, 4) is 0 Å². The lowest BCUT2D eigenvalue weighted by molar-refractivity contribution is -0.154. The molecule has 2 aromatic carbocycles. The van der Waals surface area contributed by atoms with Gasteiger partial charge in [0.25, 0.3) is 5.91 Å². The molecule has 2 aromatic rings. The summed E-state index contributed by atoms with van der Waals surface area (Å²) >= 11 is 1.61. The van der Waals surface area contributed by atoms with E-state index in [2.05, 4.69) is 38.8 Å². The van der Waals surface area contributed by atoms with Gasteiger partial charge in [0.05, 0.1) is 35.8 Å². The molecular weight excluding hydrogens is 598 g/mol. The molecule has 1 N–H and O–H groups in total. The number of ether oxygens (including phenoxy) is 1. The molecule has 246 valence electrons. The van der Waals surface area contributed by atoms with Crippen molar-refractivity contribution in [2.24, 2.45) is 17.8 Å². The molecule has 0 saturated carbocycles. The largest absolute Gasteiger partial charge is 0.465 e. The lowest BCUT2D eigenvalue weighted by Gasteiger charge is -2.42. The number of nitrogens with zero attached hydrogens (tertiary/aromatic N) is 3. The molecule has 0 aliphatic carbocycles. The highest BCUT2D eigenvalue weighted by molar-refractivity contribution is 8.02. The second-order valence-electron chi connectivity index (χ2n) is 12.5. The number of aliphatic hydroxyl groups is 1. The quantitative estimate of drug-likeness (QED) is 0.164. The summed E-state index contributed by atoms with van der Waals surface area (Å²) in [4.78, 5) is 49.0. The molecule has 0 radical (unpaired) electrons. The van der Waals surface area contributed by atoms with E-state index in [4.69, 9.17) is 4.74 Å². The van der Waals surface area contributed by atoms with E-state index in [9.17, 15) is 14.7 Å². The van der Waals surface area contributed by atoms with Crippen LogP contribution in [0.1, 0.15) is 39.2 Å². The Balaban J connectivity index is 1.59. The normalized spacial score (nSPS) is 26.8. The van der Waals surface area contributed by atoms with Crippen LogP contribution in [0.25, 0.3) is 0 Å². The third-order valence-corrected chi connectivity index (χ3v) is 12.1. The zero-order valence-corrected chi connectivity index (χ0v) is 28.0. The number of carbonyl (C=O) groups excluding carboxylic acids is 3. The highest BCUT2D eigenvalue weighted by atomic mass is 32.2. The van der Waals surface area contributed by atoms with Gasteiger partial charge in [-0.2, -0.15) is 0 Å². The number of aliphatic hydroxyl groups excluding tert-OH is 1. The number of hydrogen-bond donors (Lipinski definition) is 1. The summed E-state index contributed by atoms with van der Waals surface area (Å²) in [6.45, 7) is 15.9. The molecule has 0 aromatic heterocycles. The van der Waals surface area contributed by atoms with Crippen molar-refractivity contribution in [2.75, 3.05) is 42.6 Å². The maximum Gasteiger partial charge on any atom is 0.310 e. The fraction of sp³-hybridized carbons (Fsp3) is 0.486. The zero-order chi connectivity index (χ0) is 33.0. The predicted molar refractivity (Wildman–Crippen MR) is 185 cm³/mol. The Labute approximate surface area is 277 Å². The monoisotopic (exact) mass is 645 g/mol. The van der Waals surface area contributed by atoms with Crippen LogP contribution in [0, 0.1) is 17.8 Å². The van der Waals surface area contributed by atoms with E-state index in [1.165, 1.54) is 0 Å². The fourth-order valence-electron chi connectivity index (χ4n) is 7.91. The number of esters is 1. The first-order valence-corrected chi connectivity index (χ1v) is 17.3. The second-order valence-corrected chi connectivity index (χ2v) is 14.0. The van der Waals surface area contributed by atoms with Crippen LogP contribution in [0.4, 0.5) is 11.4 Å². The van der Waals surface area contributed by atoms with Crippen LogP contribution in [0.3, 0.4) is 0 Å². The van der Waals surface area contributed by atoms with Crippen LogP contribution in [-0.2, 0) is 25.5 Å². The van der Waals surface area contributed by atoms with Crippen LogP contribution in [0.15, 0.2) is 79.9 Å². The molecule has 3 heterocycles. The van der Waals surface area contributed by atoms with Crippen molar-refractivity contribution < 1.29 is 24.2 Å². The third kappa shape index (κ3) is 5.88. The average Bonchev–Trinajstić information content (AvgIpc) is 3.67. The molecule has 2 amide bonds. The van der Waals surface area contributed by atoms with Crippen molar-refractivity contribution >= 4 is 40.9 Å². The molecule has 3 aliphatic rings. The Morgan fingerprint density at radius 1 is 1.09 bits per heavy atom. The summed E-state index contributed by atoms with van der Waals surface area (Å²) in [5.74, 6) is -2.26. The molecule has 5 rings (SSSR count). The fourth-order valence-corrected chi connectivity index (χ4v) is 10.3. The molecule has 2 bridgehead atoms. The van der Waals surface area contributed by atoms with Gasteiger partial charge in [0.1, 0.15) is 6.04 Å². The maximum atomic E-state index is 15.1. The number of benzene rings is 2. The average molecular weight is 646 g/mol. The van der Waals surface area contributed by atoms with E-state index in [0.717, 1.165) is 24.3 Å². The van der Waals surface area contributed by atoms with Gasteiger partial charge in [0.15, 0.2) is 0 Å². The molecule has 46 heavy (non-hydrogen) atoms. The summed E-state index contributed by atoms with van der Waals surface area (Å²) in [6, 6.07) is 16.1. The van der Waals surface area contributed by atoms with Gasteiger partial charge in [-0.3, -0.25) is 14.4 Å². The van der Waals surface area contributed by atoms with E-state index in [0.29, 0.717) is 24.9 Å². The second kappa shape index (κ2) is 14.5. The van der Waals surface area contributed by atoms with E-state index in [-0.39, 0.29) is 42.7 Å². The summed E-state index contributed by atoms with van der Waals surface area (Å²) in [5, 5.41) is 10.7. The van der Waals surface area contributed by atoms with Crippen molar-refractivity contribution in [1.82, 2.24) is 4.90 Å². The lowest BCUT2D eigenvalue weighted by Crippen LogP contribution is -2.59. The Kier molecular flexibility index (Phi) is 10.6. The topological polar surface area (TPSA) is 90.4 Å². The van der Waals surface area contributed by atoms with E-state index in [1.807, 2.05) is 54.6 Å². The molecular formula is C37H47N3O5S. The van der Waals surface area contributed by atoms with Gasteiger partial charge in [-0.15, -0.1) is 24.9 Å². The smallest absolute Gasteiger partial charge is 0.310 e. The molecule has 9 heteroatoms. The molecule has 8 nitrogen and oxygen atoms in total. The van der Waals surface area contributed by atoms with Crippen LogP contribution in [0.2, 0.25) is 0 Å². The first-order valence-electron chi connectivity index (χ1n) is 16.5. The molecule has 3 unspecified atom stereocenters. The molecule has 3 aliphatic heterocycles. The van der Waals surface area contributed by atoms with Crippen molar-refractivity contribution in [3.05, 3.63) is 85.5 Å². The minimum Gasteiger partial charge on any atom is -0.465 e. The summed E-state index contributed by atoms with van der Waals surface area (Å²) in [7, 11) is 0. The molecule has 3 fully saturated rings. The first kappa shape index (κ1) is 33.8. The Hall–Kier alpha value is -3.56. The van der Waals surface area contributed by atoms with Crippen LogP contribution < -0.4 is 9.80 Å². The molecule has 1 spiro atoms. The van der Waals surface area contributed by atoms with Crippen LogP contribution in [0.5, 0.6) is 0 Å². The standard InChI is InChI=1S/C37H47N3O5S/c1-6-10-21-45-36(44)31-30-22-25(5)37(46-30)32(31)34(42)40(29(24-41)23-26-14-12-11-13-15-26)33(37)35(43)39(20-7-2)28-18-16-27(17-19-28)38(8-3)9-4/h6-7,11-19,25,29-33,41H,1-2,8-10,20-24H2,3-5H3/t25?,29-,30+,31-,32+,33?,37?/m1/s1. The Morgan fingerprint density at radius 2 is 1.76 bits per heavy atom. The van der Waals surface area contributed by atoms with E-state index >= 15 is 4.79 Å². The van der Waals surface area contributed by atoms with Crippen molar-refractivity contribution in [2.45, 2.75) is 62.1 Å².